The molecule has 1 aromatic carbocycles. The van der Waals surface area contributed by atoms with Crippen LogP contribution in [0.5, 0.6) is 0 Å². The zero-order valence-corrected chi connectivity index (χ0v) is 11.2. The maximum Gasteiger partial charge on any atom is 0.410 e. The number of carboxylic acids is 1. The summed E-state index contributed by atoms with van der Waals surface area (Å²) in [5, 5.41) is 15.6. The molecule has 1 aliphatic rings. The van der Waals surface area contributed by atoms with Crippen molar-refractivity contribution in [2.75, 3.05) is 5.32 Å². The first-order valence-corrected chi connectivity index (χ1v) is 6.57. The van der Waals surface area contributed by atoms with E-state index in [2.05, 4.69) is 10.4 Å². The number of halogens is 3. The molecule has 22 heavy (non-hydrogen) atoms. The van der Waals surface area contributed by atoms with E-state index in [1.807, 2.05) is 0 Å². The van der Waals surface area contributed by atoms with Gasteiger partial charge in [0.25, 0.3) is 0 Å². The molecule has 0 unspecified atom stereocenters. The van der Waals surface area contributed by atoms with E-state index in [0.717, 1.165) is 6.20 Å². The quantitative estimate of drug-likeness (QED) is 0.893. The summed E-state index contributed by atoms with van der Waals surface area (Å²) in [5.41, 5.74) is 0.399. The van der Waals surface area contributed by atoms with Crippen molar-refractivity contribution in [3.05, 3.63) is 47.7 Å². The molecular formula is C14H12F3N3O2. The molecule has 0 aliphatic carbocycles. The number of aromatic carboxylic acids is 1. The highest BCUT2D eigenvalue weighted by atomic mass is 19.4. The number of nitrogens with zero attached hydrogens (tertiary/aromatic N) is 2. The molecule has 0 saturated heterocycles. The molecule has 2 aromatic rings. The predicted octanol–water partition coefficient (Wildman–Crippen LogP) is 3.24. The van der Waals surface area contributed by atoms with Gasteiger partial charge in [-0.1, -0.05) is 30.3 Å². The monoisotopic (exact) mass is 311 g/mol. The second-order valence-corrected chi connectivity index (χ2v) is 5.06. The second-order valence-electron chi connectivity index (χ2n) is 5.06. The highest BCUT2D eigenvalue weighted by Crippen LogP contribution is 2.44. The number of carboxylic acid groups (broad SMARTS) is 1. The summed E-state index contributed by atoms with van der Waals surface area (Å²) in [4.78, 5) is 11.2. The maximum atomic E-state index is 13.3. The van der Waals surface area contributed by atoms with E-state index in [1.165, 1.54) is 0 Å². The van der Waals surface area contributed by atoms with E-state index < -0.39 is 24.2 Å². The van der Waals surface area contributed by atoms with E-state index in [9.17, 15) is 18.0 Å². The third-order valence-electron chi connectivity index (χ3n) is 3.67. The molecular weight excluding hydrogens is 299 g/mol. The van der Waals surface area contributed by atoms with Crippen LogP contribution in [0.2, 0.25) is 0 Å². The summed E-state index contributed by atoms with van der Waals surface area (Å²) in [6.07, 6.45) is -3.82. The highest BCUT2D eigenvalue weighted by Gasteiger charge is 2.47. The number of hydrogen-bond acceptors (Lipinski definition) is 3. The second kappa shape index (κ2) is 5.04. The van der Waals surface area contributed by atoms with Crippen molar-refractivity contribution >= 4 is 11.8 Å². The van der Waals surface area contributed by atoms with Gasteiger partial charge >= 0.3 is 12.1 Å². The van der Waals surface area contributed by atoms with Gasteiger partial charge in [0.1, 0.15) is 11.4 Å². The Morgan fingerprint density at radius 1 is 1.32 bits per heavy atom. The molecule has 0 bridgehead atoms. The summed E-state index contributed by atoms with van der Waals surface area (Å²) in [7, 11) is 0. The minimum absolute atomic E-state index is 0.116. The number of nitrogens with one attached hydrogen (secondary N) is 1. The van der Waals surface area contributed by atoms with Gasteiger partial charge in [0, 0.05) is 6.42 Å². The van der Waals surface area contributed by atoms with Crippen molar-refractivity contribution in [1.29, 1.82) is 0 Å². The highest BCUT2D eigenvalue weighted by molar-refractivity contribution is 5.93. The Labute approximate surface area is 123 Å². The number of benzene rings is 1. The van der Waals surface area contributed by atoms with Gasteiger partial charge in [-0.25, -0.2) is 9.48 Å². The Morgan fingerprint density at radius 2 is 2.00 bits per heavy atom. The summed E-state index contributed by atoms with van der Waals surface area (Å²) < 4.78 is 40.6. The van der Waals surface area contributed by atoms with Crippen LogP contribution >= 0.6 is 0 Å². The summed E-state index contributed by atoms with van der Waals surface area (Å²) in [6.45, 7) is 0. The first-order chi connectivity index (χ1) is 10.4. The van der Waals surface area contributed by atoms with Crippen molar-refractivity contribution < 1.29 is 23.1 Å². The van der Waals surface area contributed by atoms with Gasteiger partial charge in [-0.05, 0) is 5.56 Å². The van der Waals surface area contributed by atoms with Crippen molar-refractivity contribution in [3.63, 3.8) is 0 Å². The van der Waals surface area contributed by atoms with Crippen LogP contribution in [0.25, 0.3) is 0 Å². The van der Waals surface area contributed by atoms with E-state index in [1.54, 1.807) is 30.3 Å². The standard InChI is InChI=1S/C14H12F3N3O2/c15-14(16,17)11-6-10(8-4-2-1-3-5-8)19-12-9(13(21)22)7-18-20(11)12/h1-5,7,10-11,19H,6H2,(H,21,22)/t10-,11-/m1/s1. The van der Waals surface area contributed by atoms with Gasteiger partial charge in [0.15, 0.2) is 6.04 Å². The Kier molecular flexibility index (Phi) is 3.31. The molecule has 1 aliphatic heterocycles. The molecule has 1 aromatic heterocycles. The van der Waals surface area contributed by atoms with Crippen LogP contribution in [-0.2, 0) is 0 Å². The molecule has 0 radical (unpaired) electrons. The Balaban J connectivity index is 2.07. The van der Waals surface area contributed by atoms with Crippen LogP contribution in [0.4, 0.5) is 19.0 Å². The van der Waals surface area contributed by atoms with E-state index in [4.69, 9.17) is 5.11 Å². The number of carbonyl (C=O) groups is 1. The van der Waals surface area contributed by atoms with Crippen LogP contribution in [-0.4, -0.2) is 27.0 Å². The first-order valence-electron chi connectivity index (χ1n) is 6.57. The Morgan fingerprint density at radius 3 is 2.59 bits per heavy atom. The molecule has 0 spiro atoms. The average Bonchev–Trinajstić information content (AvgIpc) is 2.90. The Hall–Kier alpha value is -2.51. The topological polar surface area (TPSA) is 67.1 Å². The SMILES string of the molecule is O=C(O)c1cnn2c1N[C@@H](c1ccccc1)C[C@@H]2C(F)(F)F. The lowest BCUT2D eigenvalue weighted by Gasteiger charge is -2.33. The van der Waals surface area contributed by atoms with Crippen LogP contribution in [0.1, 0.15) is 34.4 Å². The normalized spacial score (nSPS) is 21.0. The zero-order chi connectivity index (χ0) is 15.9. The molecule has 2 heterocycles. The average molecular weight is 311 g/mol. The third kappa shape index (κ3) is 2.40. The van der Waals surface area contributed by atoms with Gasteiger partial charge < -0.3 is 10.4 Å². The number of fused-ring (bicyclic) bond motifs is 1. The number of hydrogen-bond donors (Lipinski definition) is 2. The van der Waals surface area contributed by atoms with E-state index in [0.29, 0.717) is 10.2 Å². The van der Waals surface area contributed by atoms with Gasteiger partial charge in [0.2, 0.25) is 0 Å². The molecule has 5 nitrogen and oxygen atoms in total. The zero-order valence-electron chi connectivity index (χ0n) is 11.2. The molecule has 116 valence electrons. The van der Waals surface area contributed by atoms with Crippen LogP contribution in [0.3, 0.4) is 0 Å². The number of aromatic nitrogens is 2. The predicted molar refractivity (Wildman–Crippen MR) is 71.7 cm³/mol. The van der Waals surface area contributed by atoms with Crippen molar-refractivity contribution in [1.82, 2.24) is 9.78 Å². The molecule has 0 amide bonds. The summed E-state index contributed by atoms with van der Waals surface area (Å²) in [5.74, 6) is -1.43. The number of rotatable bonds is 2. The lowest BCUT2D eigenvalue weighted by Crippen LogP contribution is -2.36. The van der Waals surface area contributed by atoms with E-state index in [-0.39, 0.29) is 17.8 Å². The van der Waals surface area contributed by atoms with Gasteiger partial charge in [-0.2, -0.15) is 18.3 Å². The van der Waals surface area contributed by atoms with Crippen LogP contribution < -0.4 is 5.32 Å². The van der Waals surface area contributed by atoms with Crippen LogP contribution in [0, 0.1) is 0 Å². The lowest BCUT2D eigenvalue weighted by atomic mass is 9.96. The molecule has 3 rings (SSSR count). The first kappa shape index (κ1) is 14.4. The molecule has 8 heteroatoms. The maximum absolute atomic E-state index is 13.3. The fraction of sp³-hybridized carbons (Fsp3) is 0.286. The van der Waals surface area contributed by atoms with Crippen LogP contribution in [0.15, 0.2) is 36.5 Å². The molecule has 2 N–H and O–H groups in total. The number of anilines is 1. The van der Waals surface area contributed by atoms with Crippen molar-refractivity contribution in [3.8, 4) is 0 Å². The summed E-state index contributed by atoms with van der Waals surface area (Å²) >= 11 is 0. The summed E-state index contributed by atoms with van der Waals surface area (Å²) in [6, 6.07) is 6.14. The smallest absolute Gasteiger partial charge is 0.410 e. The lowest BCUT2D eigenvalue weighted by molar-refractivity contribution is -0.173. The van der Waals surface area contributed by atoms with E-state index >= 15 is 0 Å². The largest absolute Gasteiger partial charge is 0.477 e. The van der Waals surface area contributed by atoms with Crippen molar-refractivity contribution in [2.45, 2.75) is 24.7 Å². The van der Waals surface area contributed by atoms with Gasteiger partial charge in [0.05, 0.1) is 12.2 Å². The number of alkyl halides is 3. The van der Waals surface area contributed by atoms with Gasteiger partial charge in [-0.3, -0.25) is 0 Å². The molecule has 0 fully saturated rings. The Bertz CT molecular complexity index is 697. The molecule has 0 saturated carbocycles. The fourth-order valence-corrected chi connectivity index (χ4v) is 2.62. The fourth-order valence-electron chi connectivity index (χ4n) is 2.62. The van der Waals surface area contributed by atoms with Crippen molar-refractivity contribution in [2.24, 2.45) is 0 Å². The minimum atomic E-state index is -4.51. The minimum Gasteiger partial charge on any atom is -0.477 e. The van der Waals surface area contributed by atoms with Gasteiger partial charge in [-0.15, -0.1) is 0 Å². The molecule has 2 atom stereocenters. The third-order valence-corrected chi connectivity index (χ3v) is 3.67.